The van der Waals surface area contributed by atoms with Gasteiger partial charge in [-0.05, 0) is 45.0 Å². The van der Waals surface area contributed by atoms with Crippen molar-refractivity contribution in [3.63, 3.8) is 0 Å². The SMILES string of the molecule is Cc1ccc(N)c(C(=O)C2CCNCC2)c1. The first-order chi connectivity index (χ1) is 7.68. The molecule has 0 amide bonds. The predicted octanol–water partition coefficient (Wildman–Crippen LogP) is 1.76. The average molecular weight is 218 g/mol. The van der Waals surface area contributed by atoms with Crippen molar-refractivity contribution in [2.24, 2.45) is 5.92 Å². The van der Waals surface area contributed by atoms with E-state index in [1.807, 2.05) is 25.1 Å². The van der Waals surface area contributed by atoms with Gasteiger partial charge in [-0.1, -0.05) is 11.6 Å². The average Bonchev–Trinajstić information content (AvgIpc) is 2.32. The monoisotopic (exact) mass is 218 g/mol. The highest BCUT2D eigenvalue weighted by Crippen LogP contribution is 2.22. The summed E-state index contributed by atoms with van der Waals surface area (Å²) in [6.07, 6.45) is 1.85. The zero-order chi connectivity index (χ0) is 11.5. The van der Waals surface area contributed by atoms with Crippen LogP contribution in [-0.4, -0.2) is 18.9 Å². The Morgan fingerprint density at radius 1 is 1.38 bits per heavy atom. The minimum absolute atomic E-state index is 0.144. The van der Waals surface area contributed by atoms with Crippen molar-refractivity contribution < 1.29 is 4.79 Å². The van der Waals surface area contributed by atoms with E-state index in [1.54, 1.807) is 0 Å². The number of anilines is 1. The first kappa shape index (κ1) is 11.1. The highest BCUT2D eigenvalue weighted by Gasteiger charge is 2.23. The normalized spacial score (nSPS) is 17.3. The minimum atomic E-state index is 0.144. The van der Waals surface area contributed by atoms with Crippen molar-refractivity contribution in [1.29, 1.82) is 0 Å². The first-order valence-corrected chi connectivity index (χ1v) is 5.79. The van der Waals surface area contributed by atoms with Crippen LogP contribution in [0, 0.1) is 12.8 Å². The molecule has 1 fully saturated rings. The van der Waals surface area contributed by atoms with E-state index in [2.05, 4.69) is 5.32 Å². The van der Waals surface area contributed by atoms with Gasteiger partial charge in [-0.25, -0.2) is 0 Å². The van der Waals surface area contributed by atoms with E-state index >= 15 is 0 Å². The van der Waals surface area contributed by atoms with Crippen LogP contribution in [0.2, 0.25) is 0 Å². The first-order valence-electron chi connectivity index (χ1n) is 5.79. The Bertz CT molecular complexity index is 395. The fraction of sp³-hybridized carbons (Fsp3) is 0.462. The van der Waals surface area contributed by atoms with Gasteiger partial charge in [-0.3, -0.25) is 4.79 Å². The number of carbonyl (C=O) groups is 1. The van der Waals surface area contributed by atoms with Crippen LogP contribution in [0.25, 0.3) is 0 Å². The van der Waals surface area contributed by atoms with Gasteiger partial charge in [0.2, 0.25) is 0 Å². The maximum Gasteiger partial charge on any atom is 0.168 e. The van der Waals surface area contributed by atoms with E-state index in [1.165, 1.54) is 0 Å². The Morgan fingerprint density at radius 2 is 2.06 bits per heavy atom. The molecule has 0 unspecified atom stereocenters. The number of hydrogen-bond donors (Lipinski definition) is 2. The second-order valence-electron chi connectivity index (χ2n) is 4.48. The van der Waals surface area contributed by atoms with Gasteiger partial charge in [0.1, 0.15) is 0 Å². The predicted molar refractivity (Wildman–Crippen MR) is 65.5 cm³/mol. The Labute approximate surface area is 96.0 Å². The number of hydrogen-bond acceptors (Lipinski definition) is 3. The summed E-state index contributed by atoms with van der Waals surface area (Å²) in [5.41, 5.74) is 8.26. The zero-order valence-corrected chi connectivity index (χ0v) is 9.62. The molecule has 1 aromatic carbocycles. The molecular weight excluding hydrogens is 200 g/mol. The number of aryl methyl sites for hydroxylation is 1. The maximum atomic E-state index is 12.3. The lowest BCUT2D eigenvalue weighted by Crippen LogP contribution is -2.32. The van der Waals surface area contributed by atoms with E-state index < -0.39 is 0 Å². The fourth-order valence-electron chi connectivity index (χ4n) is 2.19. The Morgan fingerprint density at radius 3 is 2.75 bits per heavy atom. The third kappa shape index (κ3) is 2.25. The molecule has 1 aliphatic rings. The number of nitrogen functional groups attached to an aromatic ring is 1. The summed E-state index contributed by atoms with van der Waals surface area (Å²) in [7, 11) is 0. The van der Waals surface area contributed by atoms with Gasteiger partial charge < -0.3 is 11.1 Å². The summed E-state index contributed by atoms with van der Waals surface area (Å²) in [4.78, 5) is 12.3. The molecule has 1 saturated heterocycles. The van der Waals surface area contributed by atoms with Gasteiger partial charge in [0.15, 0.2) is 5.78 Å². The van der Waals surface area contributed by atoms with Gasteiger partial charge in [0.05, 0.1) is 0 Å². The lowest BCUT2D eigenvalue weighted by atomic mass is 9.88. The Balaban J connectivity index is 2.22. The molecule has 0 saturated carbocycles. The summed E-state index contributed by atoms with van der Waals surface area (Å²) < 4.78 is 0. The molecule has 0 aliphatic carbocycles. The van der Waals surface area contributed by atoms with E-state index in [0.29, 0.717) is 11.3 Å². The van der Waals surface area contributed by atoms with Crippen LogP contribution in [0.3, 0.4) is 0 Å². The van der Waals surface area contributed by atoms with E-state index in [0.717, 1.165) is 31.5 Å². The number of Topliss-reactive ketones (excluding diaryl/α,β-unsaturated/α-hetero) is 1. The van der Waals surface area contributed by atoms with Crippen LogP contribution < -0.4 is 11.1 Å². The van der Waals surface area contributed by atoms with E-state index in [-0.39, 0.29) is 11.7 Å². The Kier molecular flexibility index (Phi) is 3.25. The summed E-state index contributed by atoms with van der Waals surface area (Å²) in [6, 6.07) is 5.66. The molecule has 0 atom stereocenters. The molecule has 0 aromatic heterocycles. The smallest absolute Gasteiger partial charge is 0.168 e. The molecule has 2 rings (SSSR count). The van der Waals surface area contributed by atoms with Gasteiger partial charge in [0.25, 0.3) is 0 Å². The van der Waals surface area contributed by atoms with Crippen molar-refractivity contribution in [2.45, 2.75) is 19.8 Å². The van der Waals surface area contributed by atoms with Crippen LogP contribution in [0.1, 0.15) is 28.8 Å². The standard InChI is InChI=1S/C13H18N2O/c1-9-2-3-12(14)11(8-9)13(16)10-4-6-15-7-5-10/h2-3,8,10,15H,4-7,14H2,1H3. The molecule has 86 valence electrons. The van der Waals surface area contributed by atoms with Gasteiger partial charge in [-0.15, -0.1) is 0 Å². The molecule has 0 bridgehead atoms. The number of nitrogens with two attached hydrogens (primary N) is 1. The number of nitrogens with one attached hydrogen (secondary N) is 1. The number of rotatable bonds is 2. The lowest BCUT2D eigenvalue weighted by molar-refractivity contribution is 0.0896. The highest BCUT2D eigenvalue weighted by molar-refractivity contribution is 6.02. The summed E-state index contributed by atoms with van der Waals surface area (Å²) in [5, 5.41) is 3.26. The van der Waals surface area contributed by atoms with Crippen molar-refractivity contribution in [2.75, 3.05) is 18.8 Å². The van der Waals surface area contributed by atoms with Crippen molar-refractivity contribution in [1.82, 2.24) is 5.32 Å². The third-order valence-electron chi connectivity index (χ3n) is 3.18. The highest BCUT2D eigenvalue weighted by atomic mass is 16.1. The molecule has 3 N–H and O–H groups in total. The number of carbonyl (C=O) groups excluding carboxylic acids is 1. The molecule has 3 heteroatoms. The summed E-state index contributed by atoms with van der Waals surface area (Å²) in [5.74, 6) is 0.355. The number of piperidine rings is 1. The van der Waals surface area contributed by atoms with Gasteiger partial charge in [-0.2, -0.15) is 0 Å². The summed E-state index contributed by atoms with van der Waals surface area (Å²) >= 11 is 0. The van der Waals surface area contributed by atoms with Crippen molar-refractivity contribution in [3.05, 3.63) is 29.3 Å². The van der Waals surface area contributed by atoms with Crippen LogP contribution in [0.15, 0.2) is 18.2 Å². The molecule has 1 aromatic rings. The van der Waals surface area contributed by atoms with Gasteiger partial charge >= 0.3 is 0 Å². The molecule has 0 spiro atoms. The number of ketones is 1. The second-order valence-corrected chi connectivity index (χ2v) is 4.48. The summed E-state index contributed by atoms with van der Waals surface area (Å²) in [6.45, 7) is 3.85. The molecule has 0 radical (unpaired) electrons. The van der Waals surface area contributed by atoms with Crippen LogP contribution in [0.4, 0.5) is 5.69 Å². The quantitative estimate of drug-likeness (QED) is 0.587. The minimum Gasteiger partial charge on any atom is -0.398 e. The molecular formula is C13H18N2O. The zero-order valence-electron chi connectivity index (χ0n) is 9.62. The molecule has 1 aliphatic heterocycles. The third-order valence-corrected chi connectivity index (χ3v) is 3.18. The largest absolute Gasteiger partial charge is 0.398 e. The van der Waals surface area contributed by atoms with Crippen LogP contribution >= 0.6 is 0 Å². The fourth-order valence-corrected chi connectivity index (χ4v) is 2.19. The molecule has 16 heavy (non-hydrogen) atoms. The van der Waals surface area contributed by atoms with Crippen molar-refractivity contribution in [3.8, 4) is 0 Å². The lowest BCUT2D eigenvalue weighted by Gasteiger charge is -2.22. The van der Waals surface area contributed by atoms with Crippen molar-refractivity contribution >= 4 is 11.5 Å². The molecule has 3 nitrogen and oxygen atoms in total. The topological polar surface area (TPSA) is 55.1 Å². The van der Waals surface area contributed by atoms with Gasteiger partial charge in [0, 0.05) is 17.2 Å². The molecule has 1 heterocycles. The van der Waals surface area contributed by atoms with Crippen LogP contribution in [0.5, 0.6) is 0 Å². The number of benzene rings is 1. The second kappa shape index (κ2) is 4.66. The Hall–Kier alpha value is -1.35. The van der Waals surface area contributed by atoms with E-state index in [4.69, 9.17) is 5.73 Å². The maximum absolute atomic E-state index is 12.3. The van der Waals surface area contributed by atoms with Crippen LogP contribution in [-0.2, 0) is 0 Å². The van der Waals surface area contributed by atoms with E-state index in [9.17, 15) is 4.79 Å².